The number of benzene rings is 2. The first-order valence-electron chi connectivity index (χ1n) is 7.09. The molecule has 0 aromatic heterocycles. The smallest absolute Gasteiger partial charge is 0.187 e. The second-order valence-corrected chi connectivity index (χ2v) is 5.04. The molecule has 0 amide bonds. The summed E-state index contributed by atoms with van der Waals surface area (Å²) in [5.41, 5.74) is 1.87. The zero-order chi connectivity index (χ0) is 16.2. The number of methoxy groups -OCH3 is 1. The second-order valence-electron chi connectivity index (χ2n) is 5.04. The number of nitriles is 1. The maximum absolute atomic E-state index is 12.3. The van der Waals surface area contributed by atoms with Crippen molar-refractivity contribution in [3.8, 4) is 17.6 Å². The van der Waals surface area contributed by atoms with E-state index in [9.17, 15) is 4.79 Å². The van der Waals surface area contributed by atoms with E-state index in [0.29, 0.717) is 29.4 Å². The number of aliphatic imine (C=N–C) groups is 1. The van der Waals surface area contributed by atoms with Gasteiger partial charge in [-0.25, -0.2) is 0 Å². The molecule has 0 saturated carbocycles. The van der Waals surface area contributed by atoms with Crippen LogP contribution in [-0.2, 0) is 6.61 Å². The number of nitrogens with zero attached hydrogens (tertiary/aromatic N) is 2. The van der Waals surface area contributed by atoms with Crippen LogP contribution >= 0.6 is 0 Å². The van der Waals surface area contributed by atoms with Gasteiger partial charge < -0.3 is 9.47 Å². The van der Waals surface area contributed by atoms with Crippen molar-refractivity contribution in [2.45, 2.75) is 6.61 Å². The van der Waals surface area contributed by atoms with E-state index in [1.165, 1.54) is 13.3 Å². The van der Waals surface area contributed by atoms with Crippen LogP contribution in [0.15, 0.2) is 47.5 Å². The van der Waals surface area contributed by atoms with E-state index in [1.807, 2.05) is 36.4 Å². The molecule has 1 aliphatic rings. The number of hydrogen-bond donors (Lipinski definition) is 0. The van der Waals surface area contributed by atoms with Crippen molar-refractivity contribution in [3.63, 3.8) is 0 Å². The molecule has 5 heteroatoms. The van der Waals surface area contributed by atoms with E-state index in [4.69, 9.17) is 14.7 Å². The summed E-state index contributed by atoms with van der Waals surface area (Å²) < 4.78 is 11.1. The van der Waals surface area contributed by atoms with Crippen molar-refractivity contribution >= 4 is 17.7 Å². The third-order valence-corrected chi connectivity index (χ3v) is 3.57. The highest BCUT2D eigenvalue weighted by molar-refractivity contribution is 6.14. The predicted molar refractivity (Wildman–Crippen MR) is 85.4 cm³/mol. The van der Waals surface area contributed by atoms with E-state index in [-0.39, 0.29) is 5.78 Å². The molecule has 3 rings (SSSR count). The van der Waals surface area contributed by atoms with Crippen molar-refractivity contribution in [3.05, 3.63) is 53.6 Å². The second kappa shape index (κ2) is 6.32. The maximum atomic E-state index is 12.3. The van der Waals surface area contributed by atoms with Gasteiger partial charge in [0.25, 0.3) is 0 Å². The molecule has 0 aliphatic carbocycles. The van der Waals surface area contributed by atoms with E-state index in [1.54, 1.807) is 12.1 Å². The Balaban J connectivity index is 1.92. The molecule has 1 heterocycles. The molecule has 0 saturated heterocycles. The fraction of sp³-hybridized carbons (Fsp3) is 0.167. The molecular formula is C18H14N2O3. The first-order chi connectivity index (χ1) is 11.2. The van der Waals surface area contributed by atoms with Crippen molar-refractivity contribution < 1.29 is 14.3 Å². The number of ketones is 1. The number of Topliss-reactive ketones (excluding diaryl/α,β-unsaturated/α-hetero) is 1. The van der Waals surface area contributed by atoms with Gasteiger partial charge >= 0.3 is 0 Å². The topological polar surface area (TPSA) is 71.7 Å². The molecule has 0 radical (unpaired) electrons. The molecule has 0 fully saturated rings. The summed E-state index contributed by atoms with van der Waals surface area (Å²) in [4.78, 5) is 16.4. The van der Waals surface area contributed by atoms with Crippen LogP contribution in [0.1, 0.15) is 15.9 Å². The molecule has 5 nitrogen and oxygen atoms in total. The Bertz CT molecular complexity index is 807. The number of hydrogen-bond acceptors (Lipinski definition) is 5. The summed E-state index contributed by atoms with van der Waals surface area (Å²) in [7, 11) is 1.53. The quantitative estimate of drug-likeness (QED) is 0.868. The van der Waals surface area contributed by atoms with Crippen LogP contribution in [0.3, 0.4) is 0 Å². The molecule has 2 aromatic carbocycles. The van der Waals surface area contributed by atoms with Crippen LogP contribution in [0.2, 0.25) is 0 Å². The van der Waals surface area contributed by atoms with Crippen molar-refractivity contribution in [2.75, 3.05) is 7.11 Å². The van der Waals surface area contributed by atoms with E-state index in [0.717, 1.165) is 5.56 Å². The lowest BCUT2D eigenvalue weighted by Gasteiger charge is -2.17. The molecule has 1 atom stereocenters. The average molecular weight is 306 g/mol. The zero-order valence-corrected chi connectivity index (χ0v) is 12.5. The van der Waals surface area contributed by atoms with Crippen molar-refractivity contribution in [1.29, 1.82) is 5.26 Å². The van der Waals surface area contributed by atoms with Crippen LogP contribution in [0, 0.1) is 17.2 Å². The Morgan fingerprint density at radius 2 is 2.00 bits per heavy atom. The highest BCUT2D eigenvalue weighted by Gasteiger charge is 2.26. The Morgan fingerprint density at radius 1 is 1.22 bits per heavy atom. The molecule has 0 spiro atoms. The van der Waals surface area contributed by atoms with E-state index < -0.39 is 5.92 Å². The third-order valence-electron chi connectivity index (χ3n) is 3.57. The fourth-order valence-electron chi connectivity index (χ4n) is 2.34. The SMILES string of the molecule is COc1cc2c(cc1OCc1ccccc1)C(=O)C(C#N)C=N2. The lowest BCUT2D eigenvalue weighted by Crippen LogP contribution is -2.18. The summed E-state index contributed by atoms with van der Waals surface area (Å²) in [6, 6.07) is 14.9. The standard InChI is InChI=1S/C18H14N2O3/c1-22-16-8-15-14(18(21)13(9-19)10-20-15)7-17(16)23-11-12-5-3-2-4-6-12/h2-8,10,13H,11H2,1H3. The van der Waals surface area contributed by atoms with E-state index in [2.05, 4.69) is 4.99 Å². The van der Waals surface area contributed by atoms with Gasteiger partial charge in [0.1, 0.15) is 12.5 Å². The molecular weight excluding hydrogens is 292 g/mol. The number of ether oxygens (including phenoxy) is 2. The number of rotatable bonds is 4. The summed E-state index contributed by atoms with van der Waals surface area (Å²) in [6.45, 7) is 0.356. The predicted octanol–water partition coefficient (Wildman–Crippen LogP) is 3.31. The molecule has 1 aliphatic heterocycles. The van der Waals surface area contributed by atoms with Gasteiger partial charge in [-0.2, -0.15) is 5.26 Å². The first kappa shape index (κ1) is 14.8. The monoisotopic (exact) mass is 306 g/mol. The Morgan fingerprint density at radius 3 is 2.70 bits per heavy atom. The Labute approximate surface area is 133 Å². The third kappa shape index (κ3) is 2.92. The molecule has 114 valence electrons. The average Bonchev–Trinajstić information content (AvgIpc) is 2.60. The lowest BCUT2D eigenvalue weighted by molar-refractivity contribution is 0.0975. The molecule has 1 unspecified atom stereocenters. The van der Waals surface area contributed by atoms with Gasteiger partial charge in [-0.1, -0.05) is 30.3 Å². The van der Waals surface area contributed by atoms with Crippen LogP contribution in [0.5, 0.6) is 11.5 Å². The van der Waals surface area contributed by atoms with Crippen LogP contribution in [-0.4, -0.2) is 19.1 Å². The molecule has 2 aromatic rings. The Kier molecular flexibility index (Phi) is 4.07. The van der Waals surface area contributed by atoms with Crippen molar-refractivity contribution in [2.24, 2.45) is 10.9 Å². The largest absolute Gasteiger partial charge is 0.493 e. The van der Waals surface area contributed by atoms with Gasteiger partial charge in [0.2, 0.25) is 0 Å². The summed E-state index contributed by atoms with van der Waals surface area (Å²) in [5, 5.41) is 8.99. The van der Waals surface area contributed by atoms with Crippen LogP contribution < -0.4 is 9.47 Å². The summed E-state index contributed by atoms with van der Waals surface area (Å²) in [5.74, 6) is -0.167. The molecule has 0 bridgehead atoms. The van der Waals surface area contributed by atoms with Gasteiger partial charge in [-0.15, -0.1) is 0 Å². The molecule has 0 N–H and O–H groups in total. The van der Waals surface area contributed by atoms with Crippen LogP contribution in [0.25, 0.3) is 0 Å². The van der Waals surface area contributed by atoms with Gasteiger partial charge in [0, 0.05) is 17.8 Å². The number of fused-ring (bicyclic) bond motifs is 1. The van der Waals surface area contributed by atoms with E-state index >= 15 is 0 Å². The fourth-order valence-corrected chi connectivity index (χ4v) is 2.34. The first-order valence-corrected chi connectivity index (χ1v) is 7.09. The summed E-state index contributed by atoms with van der Waals surface area (Å²) in [6.07, 6.45) is 1.36. The number of carbonyl (C=O) groups is 1. The molecule has 23 heavy (non-hydrogen) atoms. The minimum absolute atomic E-state index is 0.273. The van der Waals surface area contributed by atoms with Gasteiger partial charge in [-0.05, 0) is 11.6 Å². The minimum atomic E-state index is -0.849. The van der Waals surface area contributed by atoms with Crippen molar-refractivity contribution in [1.82, 2.24) is 0 Å². The van der Waals surface area contributed by atoms with Gasteiger partial charge in [0.05, 0.1) is 18.9 Å². The maximum Gasteiger partial charge on any atom is 0.187 e. The summed E-state index contributed by atoms with van der Waals surface area (Å²) >= 11 is 0. The van der Waals surface area contributed by atoms with Gasteiger partial charge in [-0.3, -0.25) is 9.79 Å². The van der Waals surface area contributed by atoms with Crippen LogP contribution in [0.4, 0.5) is 5.69 Å². The Hall–Kier alpha value is -3.13. The number of carbonyl (C=O) groups excluding carboxylic acids is 1. The van der Waals surface area contributed by atoms with Gasteiger partial charge in [0.15, 0.2) is 17.3 Å². The lowest BCUT2D eigenvalue weighted by atomic mass is 9.95. The minimum Gasteiger partial charge on any atom is -0.493 e. The highest BCUT2D eigenvalue weighted by Crippen LogP contribution is 2.38. The highest BCUT2D eigenvalue weighted by atomic mass is 16.5. The zero-order valence-electron chi connectivity index (χ0n) is 12.5. The normalized spacial score (nSPS) is 15.7.